The molecule has 0 saturated heterocycles. The van der Waals surface area contributed by atoms with E-state index in [-0.39, 0.29) is 17.6 Å². The molecule has 136 valence electrons. The molecule has 0 bridgehead atoms. The lowest BCUT2D eigenvalue weighted by Crippen LogP contribution is -2.20. The Morgan fingerprint density at radius 1 is 1.00 bits per heavy atom. The maximum atomic E-state index is 12.9. The van der Waals surface area contributed by atoms with E-state index in [2.05, 4.69) is 12.2 Å². The van der Waals surface area contributed by atoms with Crippen LogP contribution in [-0.2, 0) is 17.8 Å². The highest BCUT2D eigenvalue weighted by molar-refractivity contribution is 6.08. The number of ketones is 1. The van der Waals surface area contributed by atoms with E-state index in [0.29, 0.717) is 24.2 Å². The third kappa shape index (κ3) is 3.19. The van der Waals surface area contributed by atoms with Crippen molar-refractivity contribution in [3.05, 3.63) is 89.2 Å². The fraction of sp³-hybridized carbons (Fsp3) is 0.217. The molecule has 0 fully saturated rings. The molecule has 1 atom stereocenters. The van der Waals surface area contributed by atoms with E-state index in [1.807, 2.05) is 71.3 Å². The van der Waals surface area contributed by atoms with Gasteiger partial charge in [0.2, 0.25) is 11.7 Å². The number of carbonyl (C=O) groups excluding carboxylic acids is 2. The second-order valence-electron chi connectivity index (χ2n) is 6.83. The van der Waals surface area contributed by atoms with Crippen LogP contribution < -0.4 is 5.32 Å². The number of aromatic nitrogens is 1. The SMILES string of the molecule is CCc1ccccc1NC(=O)[C@@H]1CCn2c(C(=O)c3ccccc3)ccc21. The van der Waals surface area contributed by atoms with Crippen molar-refractivity contribution >= 4 is 17.4 Å². The molecule has 4 heteroatoms. The topological polar surface area (TPSA) is 51.1 Å². The van der Waals surface area contributed by atoms with Crippen molar-refractivity contribution < 1.29 is 9.59 Å². The van der Waals surface area contributed by atoms with Gasteiger partial charge >= 0.3 is 0 Å². The van der Waals surface area contributed by atoms with Gasteiger partial charge in [-0.05, 0) is 36.6 Å². The first-order valence-electron chi connectivity index (χ1n) is 9.37. The summed E-state index contributed by atoms with van der Waals surface area (Å²) in [6, 6.07) is 20.9. The van der Waals surface area contributed by atoms with Gasteiger partial charge in [-0.15, -0.1) is 0 Å². The summed E-state index contributed by atoms with van der Waals surface area (Å²) in [6.07, 6.45) is 1.58. The highest BCUT2D eigenvalue weighted by Crippen LogP contribution is 2.32. The maximum Gasteiger partial charge on any atom is 0.233 e. The van der Waals surface area contributed by atoms with Gasteiger partial charge in [0.1, 0.15) is 0 Å². The summed E-state index contributed by atoms with van der Waals surface area (Å²) in [4.78, 5) is 25.7. The first-order valence-corrected chi connectivity index (χ1v) is 9.37. The summed E-state index contributed by atoms with van der Waals surface area (Å²) in [6.45, 7) is 2.76. The Bertz CT molecular complexity index is 989. The Balaban J connectivity index is 1.57. The van der Waals surface area contributed by atoms with Crippen LogP contribution in [0.1, 0.15) is 46.6 Å². The number of anilines is 1. The Hall–Kier alpha value is -3.14. The molecule has 2 aromatic carbocycles. The highest BCUT2D eigenvalue weighted by Gasteiger charge is 2.32. The summed E-state index contributed by atoms with van der Waals surface area (Å²) >= 11 is 0. The number of amides is 1. The summed E-state index contributed by atoms with van der Waals surface area (Å²) in [5, 5.41) is 3.08. The minimum atomic E-state index is -0.229. The van der Waals surface area contributed by atoms with E-state index in [1.165, 1.54) is 0 Å². The molecule has 1 amide bonds. The van der Waals surface area contributed by atoms with Gasteiger partial charge in [0.25, 0.3) is 0 Å². The van der Waals surface area contributed by atoms with Gasteiger partial charge in [0.05, 0.1) is 11.6 Å². The summed E-state index contributed by atoms with van der Waals surface area (Å²) in [5.41, 5.74) is 4.24. The van der Waals surface area contributed by atoms with Gasteiger partial charge in [0.15, 0.2) is 0 Å². The first-order chi connectivity index (χ1) is 13.2. The third-order valence-corrected chi connectivity index (χ3v) is 5.25. The van der Waals surface area contributed by atoms with Crippen molar-refractivity contribution in [1.82, 2.24) is 4.57 Å². The first kappa shape index (κ1) is 17.3. The molecule has 1 N–H and O–H groups in total. The Labute approximate surface area is 158 Å². The van der Waals surface area contributed by atoms with Gasteiger partial charge in [-0.25, -0.2) is 0 Å². The molecule has 0 saturated carbocycles. The van der Waals surface area contributed by atoms with Crippen LogP contribution in [0.2, 0.25) is 0 Å². The summed E-state index contributed by atoms with van der Waals surface area (Å²) < 4.78 is 1.99. The zero-order chi connectivity index (χ0) is 18.8. The monoisotopic (exact) mass is 358 g/mol. The van der Waals surface area contributed by atoms with Crippen LogP contribution in [0.4, 0.5) is 5.69 Å². The maximum absolute atomic E-state index is 12.9. The lowest BCUT2D eigenvalue weighted by atomic mass is 10.0. The van der Waals surface area contributed by atoms with Gasteiger partial charge in [-0.3, -0.25) is 9.59 Å². The molecule has 27 heavy (non-hydrogen) atoms. The highest BCUT2D eigenvalue weighted by atomic mass is 16.2. The van der Waals surface area contributed by atoms with Crippen LogP contribution >= 0.6 is 0 Å². The molecule has 4 nitrogen and oxygen atoms in total. The lowest BCUT2D eigenvalue weighted by molar-refractivity contribution is -0.117. The smallest absolute Gasteiger partial charge is 0.233 e. The van der Waals surface area contributed by atoms with Crippen molar-refractivity contribution in [3.8, 4) is 0 Å². The van der Waals surface area contributed by atoms with E-state index in [9.17, 15) is 9.59 Å². The van der Waals surface area contributed by atoms with Crippen molar-refractivity contribution in [1.29, 1.82) is 0 Å². The predicted molar refractivity (Wildman–Crippen MR) is 106 cm³/mol. The average Bonchev–Trinajstić information content (AvgIpc) is 3.30. The molecule has 4 rings (SSSR count). The van der Waals surface area contributed by atoms with Gasteiger partial charge in [-0.2, -0.15) is 0 Å². The van der Waals surface area contributed by atoms with Crippen LogP contribution in [0.3, 0.4) is 0 Å². The number of carbonyl (C=O) groups is 2. The number of fused-ring (bicyclic) bond motifs is 1. The quantitative estimate of drug-likeness (QED) is 0.687. The molecule has 1 aliphatic heterocycles. The number of hydrogen-bond donors (Lipinski definition) is 1. The zero-order valence-electron chi connectivity index (χ0n) is 15.3. The van der Waals surface area contributed by atoms with Gasteiger partial charge in [-0.1, -0.05) is 55.5 Å². The van der Waals surface area contributed by atoms with E-state index in [1.54, 1.807) is 0 Å². The van der Waals surface area contributed by atoms with Crippen molar-refractivity contribution in [2.75, 3.05) is 5.32 Å². The molecule has 3 aromatic rings. The van der Waals surface area contributed by atoms with Gasteiger partial charge in [0, 0.05) is 23.5 Å². The normalized spacial score (nSPS) is 15.4. The number of nitrogens with one attached hydrogen (secondary N) is 1. The standard InChI is InChI=1S/C23H22N2O2/c1-2-16-8-6-7-11-19(16)24-23(27)18-14-15-25-20(18)12-13-21(25)22(26)17-9-4-3-5-10-17/h3-13,18H,2,14-15H2,1H3,(H,24,27)/t18-/m1/s1. The van der Waals surface area contributed by atoms with Crippen LogP contribution in [0.25, 0.3) is 0 Å². The van der Waals surface area contributed by atoms with E-state index in [4.69, 9.17) is 0 Å². The molecule has 0 spiro atoms. The number of rotatable bonds is 5. The average molecular weight is 358 g/mol. The molecule has 0 unspecified atom stereocenters. The fourth-order valence-corrected chi connectivity index (χ4v) is 3.81. The van der Waals surface area contributed by atoms with E-state index >= 15 is 0 Å². The van der Waals surface area contributed by atoms with E-state index in [0.717, 1.165) is 23.4 Å². The second kappa shape index (κ2) is 7.23. The zero-order valence-corrected chi connectivity index (χ0v) is 15.3. The molecular weight excluding hydrogens is 336 g/mol. The fourth-order valence-electron chi connectivity index (χ4n) is 3.81. The number of hydrogen-bond acceptors (Lipinski definition) is 2. The number of para-hydroxylation sites is 1. The van der Waals surface area contributed by atoms with Crippen molar-refractivity contribution in [2.24, 2.45) is 0 Å². The van der Waals surface area contributed by atoms with Crippen LogP contribution in [-0.4, -0.2) is 16.3 Å². The minimum Gasteiger partial charge on any atom is -0.341 e. The molecule has 0 radical (unpaired) electrons. The molecular formula is C23H22N2O2. The molecule has 2 heterocycles. The van der Waals surface area contributed by atoms with Crippen LogP contribution in [0.5, 0.6) is 0 Å². The minimum absolute atomic E-state index is 0.000707. The summed E-state index contributed by atoms with van der Waals surface area (Å²) in [7, 11) is 0. The Morgan fingerprint density at radius 2 is 1.74 bits per heavy atom. The summed E-state index contributed by atoms with van der Waals surface area (Å²) in [5.74, 6) is -0.238. The lowest BCUT2D eigenvalue weighted by Gasteiger charge is -2.13. The third-order valence-electron chi connectivity index (χ3n) is 5.25. The second-order valence-corrected chi connectivity index (χ2v) is 6.83. The molecule has 1 aliphatic rings. The molecule has 1 aromatic heterocycles. The van der Waals surface area contributed by atoms with Crippen LogP contribution in [0, 0.1) is 0 Å². The predicted octanol–water partition coefficient (Wildman–Crippen LogP) is 4.41. The van der Waals surface area contributed by atoms with E-state index < -0.39 is 0 Å². The van der Waals surface area contributed by atoms with Gasteiger partial charge < -0.3 is 9.88 Å². The van der Waals surface area contributed by atoms with Crippen LogP contribution in [0.15, 0.2) is 66.7 Å². The van der Waals surface area contributed by atoms with Crippen molar-refractivity contribution in [3.63, 3.8) is 0 Å². The molecule has 0 aliphatic carbocycles. The largest absolute Gasteiger partial charge is 0.341 e. The Morgan fingerprint density at radius 3 is 2.52 bits per heavy atom. The van der Waals surface area contributed by atoms with Crippen molar-refractivity contribution in [2.45, 2.75) is 32.2 Å². The number of aryl methyl sites for hydroxylation is 1. The number of benzene rings is 2. The Kier molecular flexibility index (Phi) is 4.63. The number of nitrogens with zero attached hydrogens (tertiary/aromatic N) is 1.